The molecule has 1 heterocycles. The molecule has 1 aliphatic heterocycles. The lowest BCUT2D eigenvalue weighted by Crippen LogP contribution is -2.19. The Morgan fingerprint density at radius 1 is 1.18 bits per heavy atom. The Kier molecular flexibility index (Phi) is 4.40. The molecule has 3 rings (SSSR count). The lowest BCUT2D eigenvalue weighted by molar-refractivity contribution is -0.115. The molecule has 0 bridgehead atoms. The molecule has 22 heavy (non-hydrogen) atoms. The molecule has 2 aromatic rings. The Morgan fingerprint density at radius 3 is 2.68 bits per heavy atom. The maximum atomic E-state index is 12.9. The number of carbonyl (C=O) groups excluding carboxylic acids is 1. The Bertz CT molecular complexity index is 787. The van der Waals surface area contributed by atoms with Crippen molar-refractivity contribution in [1.29, 1.82) is 0 Å². The number of carbonyl (C=O) groups is 1. The van der Waals surface area contributed by atoms with Crippen molar-refractivity contribution in [2.24, 2.45) is 4.99 Å². The van der Waals surface area contributed by atoms with Gasteiger partial charge in [0.05, 0.1) is 10.6 Å². The molecule has 0 spiro atoms. The molecule has 0 atom stereocenters. The zero-order chi connectivity index (χ0) is 15.5. The number of nitrogens with one attached hydrogen (secondary N) is 1. The summed E-state index contributed by atoms with van der Waals surface area (Å²) in [4.78, 5) is 16.9. The molecule has 6 heteroatoms. The number of aliphatic imine (C=N–C) groups is 1. The summed E-state index contributed by atoms with van der Waals surface area (Å²) in [7, 11) is 0. The number of hydrogen-bond acceptors (Lipinski definition) is 3. The molecule has 1 fully saturated rings. The standard InChI is InChI=1S/C16H10BrFN2OS/c17-11-2-1-3-13(9-11)19-16-20-15(21)14(22-16)8-10-4-6-12(18)7-5-10/h1-9H,(H,19,20,21)/b14-8+. The van der Waals surface area contributed by atoms with Crippen LogP contribution in [0.5, 0.6) is 0 Å². The Hall–Kier alpha value is -1.92. The van der Waals surface area contributed by atoms with Crippen LogP contribution in [0.3, 0.4) is 0 Å². The Morgan fingerprint density at radius 2 is 1.95 bits per heavy atom. The van der Waals surface area contributed by atoms with Gasteiger partial charge in [0.25, 0.3) is 5.91 Å². The normalized spacial score (nSPS) is 18.0. The van der Waals surface area contributed by atoms with E-state index in [1.807, 2.05) is 24.3 Å². The average molecular weight is 377 g/mol. The number of rotatable bonds is 2. The maximum Gasteiger partial charge on any atom is 0.264 e. The van der Waals surface area contributed by atoms with Crippen LogP contribution in [0.25, 0.3) is 6.08 Å². The van der Waals surface area contributed by atoms with Crippen molar-refractivity contribution in [3.05, 3.63) is 69.3 Å². The van der Waals surface area contributed by atoms with Crippen molar-refractivity contribution < 1.29 is 9.18 Å². The van der Waals surface area contributed by atoms with Gasteiger partial charge in [-0.15, -0.1) is 0 Å². The highest BCUT2D eigenvalue weighted by Crippen LogP contribution is 2.28. The molecule has 0 saturated carbocycles. The smallest absolute Gasteiger partial charge is 0.264 e. The number of hydrogen-bond donors (Lipinski definition) is 1. The monoisotopic (exact) mass is 376 g/mol. The first-order valence-electron chi connectivity index (χ1n) is 6.41. The molecule has 0 unspecified atom stereocenters. The third-order valence-corrected chi connectivity index (χ3v) is 4.26. The van der Waals surface area contributed by atoms with Gasteiger partial charge in [-0.25, -0.2) is 9.38 Å². The van der Waals surface area contributed by atoms with E-state index < -0.39 is 0 Å². The van der Waals surface area contributed by atoms with Crippen LogP contribution in [-0.4, -0.2) is 11.1 Å². The van der Waals surface area contributed by atoms with Crippen LogP contribution in [-0.2, 0) is 4.79 Å². The van der Waals surface area contributed by atoms with Gasteiger partial charge in [0.2, 0.25) is 0 Å². The second-order valence-corrected chi connectivity index (χ2v) is 6.46. The maximum absolute atomic E-state index is 12.9. The van der Waals surface area contributed by atoms with E-state index in [4.69, 9.17) is 0 Å². The lowest BCUT2D eigenvalue weighted by Gasteiger charge is -1.96. The van der Waals surface area contributed by atoms with E-state index in [1.54, 1.807) is 18.2 Å². The number of thioether (sulfide) groups is 1. The molecular formula is C16H10BrFN2OS. The van der Waals surface area contributed by atoms with Gasteiger partial charge in [-0.3, -0.25) is 4.79 Å². The molecule has 1 aliphatic rings. The van der Waals surface area contributed by atoms with E-state index >= 15 is 0 Å². The first-order valence-corrected chi connectivity index (χ1v) is 8.02. The molecule has 0 aromatic heterocycles. The molecular weight excluding hydrogens is 367 g/mol. The second-order valence-electron chi connectivity index (χ2n) is 4.51. The SMILES string of the molecule is O=C1NC(=Nc2cccc(Br)c2)S/C1=C/c1ccc(F)cc1. The minimum absolute atomic E-state index is 0.205. The van der Waals surface area contributed by atoms with Crippen LogP contribution in [0.2, 0.25) is 0 Å². The Labute approximate surface area is 139 Å². The lowest BCUT2D eigenvalue weighted by atomic mass is 10.2. The van der Waals surface area contributed by atoms with Gasteiger partial charge in [0.15, 0.2) is 5.17 Å². The zero-order valence-electron chi connectivity index (χ0n) is 11.2. The van der Waals surface area contributed by atoms with Crippen molar-refractivity contribution >= 4 is 50.5 Å². The van der Waals surface area contributed by atoms with Gasteiger partial charge in [-0.1, -0.05) is 34.1 Å². The molecule has 0 aliphatic carbocycles. The number of halogens is 2. The highest BCUT2D eigenvalue weighted by molar-refractivity contribution is 9.10. The fourth-order valence-electron chi connectivity index (χ4n) is 1.85. The van der Waals surface area contributed by atoms with Crippen molar-refractivity contribution in [2.45, 2.75) is 0 Å². The first kappa shape index (κ1) is 15.0. The molecule has 0 radical (unpaired) electrons. The largest absolute Gasteiger partial charge is 0.300 e. The van der Waals surface area contributed by atoms with Gasteiger partial charge >= 0.3 is 0 Å². The van der Waals surface area contributed by atoms with Crippen LogP contribution in [0.1, 0.15) is 5.56 Å². The fourth-order valence-corrected chi connectivity index (χ4v) is 3.08. The van der Waals surface area contributed by atoms with Crippen LogP contribution in [0.15, 0.2) is 62.9 Å². The molecule has 110 valence electrons. The van der Waals surface area contributed by atoms with Crippen LogP contribution in [0, 0.1) is 5.82 Å². The second kappa shape index (κ2) is 6.46. The van der Waals surface area contributed by atoms with Crippen molar-refractivity contribution in [1.82, 2.24) is 5.32 Å². The predicted molar refractivity (Wildman–Crippen MR) is 91.3 cm³/mol. The summed E-state index contributed by atoms with van der Waals surface area (Å²) in [6.45, 7) is 0. The number of nitrogens with zero attached hydrogens (tertiary/aromatic N) is 1. The van der Waals surface area contributed by atoms with E-state index in [1.165, 1.54) is 23.9 Å². The molecule has 2 aromatic carbocycles. The van der Waals surface area contributed by atoms with Crippen LogP contribution >= 0.6 is 27.7 Å². The summed E-state index contributed by atoms with van der Waals surface area (Å²) in [5.74, 6) is -0.509. The number of amidine groups is 1. The van der Waals surface area contributed by atoms with E-state index in [0.29, 0.717) is 10.1 Å². The van der Waals surface area contributed by atoms with Gasteiger partial charge < -0.3 is 5.32 Å². The molecule has 3 nitrogen and oxygen atoms in total. The highest BCUT2D eigenvalue weighted by Gasteiger charge is 2.23. The van der Waals surface area contributed by atoms with Crippen molar-refractivity contribution in [2.75, 3.05) is 0 Å². The minimum atomic E-state index is -0.303. The van der Waals surface area contributed by atoms with Gasteiger partial charge in [-0.2, -0.15) is 0 Å². The van der Waals surface area contributed by atoms with E-state index in [2.05, 4.69) is 26.2 Å². The number of amides is 1. The summed E-state index contributed by atoms with van der Waals surface area (Å²) in [6.07, 6.45) is 1.71. The molecule has 1 amide bonds. The summed E-state index contributed by atoms with van der Waals surface area (Å²) >= 11 is 4.64. The summed E-state index contributed by atoms with van der Waals surface area (Å²) < 4.78 is 13.8. The van der Waals surface area contributed by atoms with E-state index in [-0.39, 0.29) is 11.7 Å². The van der Waals surface area contributed by atoms with E-state index in [0.717, 1.165) is 15.7 Å². The van der Waals surface area contributed by atoms with Gasteiger partial charge in [0, 0.05) is 4.47 Å². The molecule has 1 saturated heterocycles. The molecule has 1 N–H and O–H groups in total. The Balaban J connectivity index is 1.82. The zero-order valence-corrected chi connectivity index (χ0v) is 13.6. The van der Waals surface area contributed by atoms with Crippen molar-refractivity contribution in [3.8, 4) is 0 Å². The summed E-state index contributed by atoms with van der Waals surface area (Å²) in [6, 6.07) is 13.5. The van der Waals surface area contributed by atoms with Crippen LogP contribution in [0.4, 0.5) is 10.1 Å². The van der Waals surface area contributed by atoms with Gasteiger partial charge in [-0.05, 0) is 53.7 Å². The highest BCUT2D eigenvalue weighted by atomic mass is 79.9. The minimum Gasteiger partial charge on any atom is -0.300 e. The first-order chi connectivity index (χ1) is 10.6. The predicted octanol–water partition coefficient (Wildman–Crippen LogP) is 4.48. The van der Waals surface area contributed by atoms with Crippen LogP contribution < -0.4 is 5.32 Å². The summed E-state index contributed by atoms with van der Waals surface area (Å²) in [5.41, 5.74) is 1.52. The van der Waals surface area contributed by atoms with Crippen molar-refractivity contribution in [3.63, 3.8) is 0 Å². The summed E-state index contributed by atoms with van der Waals surface area (Å²) in [5, 5.41) is 3.24. The average Bonchev–Trinajstić information content (AvgIpc) is 2.81. The topological polar surface area (TPSA) is 41.5 Å². The van der Waals surface area contributed by atoms with Gasteiger partial charge in [0.1, 0.15) is 5.82 Å². The third kappa shape index (κ3) is 3.64. The third-order valence-electron chi connectivity index (χ3n) is 2.86. The number of benzene rings is 2. The fraction of sp³-hybridized carbons (Fsp3) is 0. The van der Waals surface area contributed by atoms with E-state index in [9.17, 15) is 9.18 Å². The quantitative estimate of drug-likeness (QED) is 0.785.